The molecule has 1 saturated carbocycles. The Hall–Kier alpha value is -1.68. The van der Waals surface area contributed by atoms with Gasteiger partial charge in [0.15, 0.2) is 0 Å². The van der Waals surface area contributed by atoms with Crippen LogP contribution in [0.25, 0.3) is 0 Å². The molecule has 22 heavy (non-hydrogen) atoms. The van der Waals surface area contributed by atoms with Gasteiger partial charge >= 0.3 is 0 Å². The van der Waals surface area contributed by atoms with Crippen LogP contribution < -0.4 is 5.32 Å². The third-order valence-electron chi connectivity index (χ3n) is 4.28. The van der Waals surface area contributed by atoms with Gasteiger partial charge in [0, 0.05) is 17.2 Å². The number of benzene rings is 1. The molecule has 1 heterocycles. The Morgan fingerprint density at radius 1 is 1.27 bits per heavy atom. The lowest BCUT2D eigenvalue weighted by Crippen LogP contribution is -2.28. The van der Waals surface area contributed by atoms with Crippen molar-refractivity contribution in [2.24, 2.45) is 5.92 Å². The lowest BCUT2D eigenvalue weighted by atomic mass is 10.1. The molecule has 1 aliphatic rings. The molecule has 1 aromatic carbocycles. The van der Waals surface area contributed by atoms with Gasteiger partial charge in [0.25, 0.3) is 0 Å². The van der Waals surface area contributed by atoms with Crippen molar-refractivity contribution in [1.29, 1.82) is 0 Å². The van der Waals surface area contributed by atoms with E-state index in [4.69, 9.17) is 0 Å². The first-order valence-corrected chi connectivity index (χ1v) is 8.81. The maximum Gasteiger partial charge on any atom is 0.223 e. The van der Waals surface area contributed by atoms with Crippen molar-refractivity contribution >= 4 is 17.2 Å². The molecule has 0 spiro atoms. The predicted octanol–water partition coefficient (Wildman–Crippen LogP) is 3.85. The fourth-order valence-electron chi connectivity index (χ4n) is 3.00. The number of thiazole rings is 1. The Morgan fingerprint density at radius 2 is 2.00 bits per heavy atom. The second-order valence-electron chi connectivity index (χ2n) is 5.98. The second-order valence-corrected chi connectivity index (χ2v) is 7.15. The molecule has 0 bridgehead atoms. The van der Waals surface area contributed by atoms with Gasteiger partial charge in [-0.05, 0) is 25.3 Å². The molecule has 4 heteroatoms. The molecule has 0 saturated heterocycles. The average Bonchev–Trinajstić information content (AvgIpc) is 3.17. The number of carbonyl (C=O) groups excluding carboxylic acids is 1. The van der Waals surface area contributed by atoms with Crippen LogP contribution >= 0.6 is 11.3 Å². The maximum absolute atomic E-state index is 12.1. The smallest absolute Gasteiger partial charge is 0.223 e. The van der Waals surface area contributed by atoms with Gasteiger partial charge in [0.1, 0.15) is 5.01 Å². The van der Waals surface area contributed by atoms with Gasteiger partial charge in [-0.25, -0.2) is 4.98 Å². The lowest BCUT2D eigenvalue weighted by Gasteiger charge is -2.08. The fraction of sp³-hybridized carbons (Fsp3) is 0.444. The summed E-state index contributed by atoms with van der Waals surface area (Å²) in [7, 11) is 0. The number of carbonyl (C=O) groups is 1. The summed E-state index contributed by atoms with van der Waals surface area (Å²) in [5.74, 6) is 0.430. The Morgan fingerprint density at radius 3 is 2.73 bits per heavy atom. The Labute approximate surface area is 135 Å². The number of hydrogen-bond donors (Lipinski definition) is 1. The number of hydrogen-bond acceptors (Lipinski definition) is 3. The Balaban J connectivity index is 1.58. The van der Waals surface area contributed by atoms with Gasteiger partial charge in [-0.1, -0.05) is 43.2 Å². The minimum Gasteiger partial charge on any atom is -0.349 e. The highest BCUT2D eigenvalue weighted by Crippen LogP contribution is 2.25. The van der Waals surface area contributed by atoms with Crippen molar-refractivity contribution in [3.8, 4) is 0 Å². The summed E-state index contributed by atoms with van der Waals surface area (Å²) in [5.41, 5.74) is 2.38. The van der Waals surface area contributed by atoms with Crippen LogP contribution in [0.1, 0.15) is 46.8 Å². The van der Waals surface area contributed by atoms with E-state index in [1.165, 1.54) is 23.3 Å². The zero-order chi connectivity index (χ0) is 15.4. The van der Waals surface area contributed by atoms with Crippen molar-refractivity contribution in [3.63, 3.8) is 0 Å². The zero-order valence-electron chi connectivity index (χ0n) is 13.0. The average molecular weight is 314 g/mol. The second kappa shape index (κ2) is 7.05. The van der Waals surface area contributed by atoms with E-state index in [0.717, 1.165) is 30.0 Å². The number of amides is 1. The molecule has 1 N–H and O–H groups in total. The number of nitrogens with zero attached hydrogens (tertiary/aromatic N) is 1. The molecule has 0 unspecified atom stereocenters. The first kappa shape index (κ1) is 15.2. The largest absolute Gasteiger partial charge is 0.349 e. The summed E-state index contributed by atoms with van der Waals surface area (Å²) in [6.07, 6.45) is 5.39. The summed E-state index contributed by atoms with van der Waals surface area (Å²) in [6.45, 7) is 2.62. The van der Waals surface area contributed by atoms with Crippen LogP contribution in [0, 0.1) is 12.8 Å². The van der Waals surface area contributed by atoms with E-state index in [-0.39, 0.29) is 11.8 Å². The number of nitrogens with one attached hydrogen (secondary N) is 1. The standard InChI is InChI=1S/C18H22N2OS/c1-13-16(11-14-7-3-2-4-8-14)22-17(20-13)12-19-18(21)15-9-5-6-10-15/h2-4,7-8,15H,5-6,9-12H2,1H3,(H,19,21). The molecule has 1 amide bonds. The van der Waals surface area contributed by atoms with E-state index < -0.39 is 0 Å². The van der Waals surface area contributed by atoms with Crippen molar-refractivity contribution in [2.45, 2.75) is 45.6 Å². The monoisotopic (exact) mass is 314 g/mol. The van der Waals surface area contributed by atoms with Crippen molar-refractivity contribution in [2.75, 3.05) is 0 Å². The molecule has 0 atom stereocenters. The van der Waals surface area contributed by atoms with Crippen LogP contribution in [0.15, 0.2) is 30.3 Å². The van der Waals surface area contributed by atoms with Crippen LogP contribution in [0.5, 0.6) is 0 Å². The normalized spacial score (nSPS) is 15.1. The predicted molar refractivity (Wildman–Crippen MR) is 89.9 cm³/mol. The van der Waals surface area contributed by atoms with E-state index in [2.05, 4.69) is 41.5 Å². The van der Waals surface area contributed by atoms with E-state index in [1.54, 1.807) is 11.3 Å². The highest BCUT2D eigenvalue weighted by molar-refractivity contribution is 7.11. The number of aromatic nitrogens is 1. The number of aryl methyl sites for hydroxylation is 1. The molecule has 116 valence electrons. The van der Waals surface area contributed by atoms with E-state index >= 15 is 0 Å². The molecular weight excluding hydrogens is 292 g/mol. The molecular formula is C18H22N2OS. The third kappa shape index (κ3) is 3.74. The number of rotatable bonds is 5. The molecule has 1 aromatic heterocycles. The van der Waals surface area contributed by atoms with Gasteiger partial charge in [0.2, 0.25) is 5.91 Å². The molecule has 1 aliphatic carbocycles. The molecule has 0 aliphatic heterocycles. The van der Waals surface area contributed by atoms with Crippen LogP contribution in [-0.4, -0.2) is 10.9 Å². The first-order valence-electron chi connectivity index (χ1n) is 7.99. The van der Waals surface area contributed by atoms with Crippen molar-refractivity contribution in [3.05, 3.63) is 51.5 Å². The fourth-order valence-corrected chi connectivity index (χ4v) is 4.05. The Kier molecular flexibility index (Phi) is 4.88. The molecule has 3 rings (SSSR count). The quantitative estimate of drug-likeness (QED) is 0.911. The summed E-state index contributed by atoms with van der Waals surface area (Å²) in [6, 6.07) is 10.4. The van der Waals surface area contributed by atoms with E-state index in [1.807, 2.05) is 6.07 Å². The minimum absolute atomic E-state index is 0.204. The summed E-state index contributed by atoms with van der Waals surface area (Å²) in [4.78, 5) is 18.0. The van der Waals surface area contributed by atoms with Crippen LogP contribution in [0.3, 0.4) is 0 Å². The van der Waals surface area contributed by atoms with Crippen molar-refractivity contribution in [1.82, 2.24) is 10.3 Å². The third-order valence-corrected chi connectivity index (χ3v) is 5.44. The molecule has 2 aromatic rings. The maximum atomic E-state index is 12.1. The van der Waals surface area contributed by atoms with E-state index in [0.29, 0.717) is 6.54 Å². The molecule has 1 fully saturated rings. The SMILES string of the molecule is Cc1nc(CNC(=O)C2CCCC2)sc1Cc1ccccc1. The van der Waals surface area contributed by atoms with Crippen molar-refractivity contribution < 1.29 is 4.79 Å². The van der Waals surface area contributed by atoms with Gasteiger partial charge in [0.05, 0.1) is 12.2 Å². The summed E-state index contributed by atoms with van der Waals surface area (Å²) in [5, 5.41) is 4.06. The van der Waals surface area contributed by atoms with Gasteiger partial charge in [-0.15, -0.1) is 11.3 Å². The topological polar surface area (TPSA) is 42.0 Å². The van der Waals surface area contributed by atoms with E-state index in [9.17, 15) is 4.79 Å². The lowest BCUT2D eigenvalue weighted by molar-refractivity contribution is -0.124. The van der Waals surface area contributed by atoms with Gasteiger partial charge in [-0.2, -0.15) is 0 Å². The van der Waals surface area contributed by atoms with Gasteiger partial charge < -0.3 is 5.32 Å². The molecule has 3 nitrogen and oxygen atoms in total. The van der Waals surface area contributed by atoms with Crippen LogP contribution in [0.4, 0.5) is 0 Å². The highest BCUT2D eigenvalue weighted by atomic mass is 32.1. The Bertz CT molecular complexity index is 630. The first-order chi connectivity index (χ1) is 10.7. The minimum atomic E-state index is 0.204. The van der Waals surface area contributed by atoms with Crippen LogP contribution in [-0.2, 0) is 17.8 Å². The summed E-state index contributed by atoms with van der Waals surface area (Å²) < 4.78 is 0. The zero-order valence-corrected chi connectivity index (χ0v) is 13.8. The van der Waals surface area contributed by atoms with Gasteiger partial charge in [-0.3, -0.25) is 4.79 Å². The summed E-state index contributed by atoms with van der Waals surface area (Å²) >= 11 is 1.71. The van der Waals surface area contributed by atoms with Crippen LogP contribution in [0.2, 0.25) is 0 Å². The molecule has 0 radical (unpaired) electrons. The highest BCUT2D eigenvalue weighted by Gasteiger charge is 2.22.